The molecule has 0 spiro atoms. The van der Waals surface area contributed by atoms with Crippen LogP contribution in [0, 0.1) is 6.92 Å². The summed E-state index contributed by atoms with van der Waals surface area (Å²) in [4.78, 5) is 12.0. The number of sulfonamides is 1. The summed E-state index contributed by atoms with van der Waals surface area (Å²) in [6.45, 7) is 6.43. The second kappa shape index (κ2) is 7.42. The number of aryl methyl sites for hydroxylation is 1. The van der Waals surface area contributed by atoms with Crippen LogP contribution in [0.25, 0.3) is 0 Å². The van der Waals surface area contributed by atoms with E-state index < -0.39 is 10.0 Å². The molecule has 0 saturated carbocycles. The molecule has 2 rings (SSSR count). The lowest BCUT2D eigenvalue weighted by Crippen LogP contribution is -2.49. The first-order valence-electron chi connectivity index (χ1n) is 7.76. The lowest BCUT2D eigenvalue weighted by molar-refractivity contribution is -0.0440. The molecule has 1 aromatic carbocycles. The van der Waals surface area contributed by atoms with E-state index in [0.29, 0.717) is 18.7 Å². The minimum absolute atomic E-state index is 0.0925. The van der Waals surface area contributed by atoms with Crippen LogP contribution in [0.15, 0.2) is 24.3 Å². The quantitative estimate of drug-likeness (QED) is 0.873. The number of carbonyl (C=O) groups excluding carboxylic acids is 1. The van der Waals surface area contributed by atoms with Crippen LogP contribution in [-0.4, -0.2) is 56.2 Å². The number of nitrogens with one attached hydrogen (secondary N) is 1. The van der Waals surface area contributed by atoms with E-state index in [1.165, 1.54) is 4.31 Å². The zero-order chi connectivity index (χ0) is 17.0. The number of nitrogens with zero attached hydrogens (tertiary/aromatic N) is 1. The minimum atomic E-state index is -3.40. The molecule has 7 heteroatoms. The number of amides is 1. The van der Waals surface area contributed by atoms with Gasteiger partial charge in [0, 0.05) is 25.2 Å². The molecule has 0 aliphatic carbocycles. The Hall–Kier alpha value is -1.44. The Morgan fingerprint density at radius 3 is 2.57 bits per heavy atom. The average molecular weight is 340 g/mol. The molecule has 0 aromatic heterocycles. The molecule has 0 unspecified atom stereocenters. The van der Waals surface area contributed by atoms with Gasteiger partial charge in [0.15, 0.2) is 0 Å². The van der Waals surface area contributed by atoms with E-state index in [0.717, 1.165) is 5.56 Å². The first kappa shape index (κ1) is 17.9. The second-order valence-electron chi connectivity index (χ2n) is 6.02. The van der Waals surface area contributed by atoms with Gasteiger partial charge in [-0.25, -0.2) is 8.42 Å². The van der Waals surface area contributed by atoms with Gasteiger partial charge in [0.1, 0.15) is 0 Å². The van der Waals surface area contributed by atoms with Crippen LogP contribution < -0.4 is 5.32 Å². The normalized spacial score (nSPS) is 22.7. The van der Waals surface area contributed by atoms with Gasteiger partial charge in [0.05, 0.1) is 18.0 Å². The molecule has 1 aliphatic rings. The first-order valence-corrected chi connectivity index (χ1v) is 9.37. The molecule has 6 nitrogen and oxygen atoms in total. The van der Waals surface area contributed by atoms with Crippen molar-refractivity contribution in [1.82, 2.24) is 9.62 Å². The average Bonchev–Trinajstić information content (AvgIpc) is 2.46. The van der Waals surface area contributed by atoms with E-state index in [4.69, 9.17) is 4.74 Å². The smallest absolute Gasteiger partial charge is 0.251 e. The number of ether oxygens (including phenoxy) is 1. The van der Waals surface area contributed by atoms with Crippen LogP contribution in [0.5, 0.6) is 0 Å². The maximum Gasteiger partial charge on any atom is 0.251 e. The second-order valence-corrected chi connectivity index (χ2v) is 8.10. The summed E-state index contributed by atoms with van der Waals surface area (Å²) in [5, 5.41) is 2.67. The largest absolute Gasteiger partial charge is 0.373 e. The molecule has 1 saturated heterocycles. The number of benzene rings is 1. The summed E-state index contributed by atoms with van der Waals surface area (Å²) in [7, 11) is -3.40. The Labute approximate surface area is 137 Å². The fraction of sp³-hybridized carbons (Fsp3) is 0.562. The van der Waals surface area contributed by atoms with Crippen LogP contribution in [-0.2, 0) is 14.8 Å². The predicted octanol–water partition coefficient (Wildman–Crippen LogP) is 1.16. The van der Waals surface area contributed by atoms with Gasteiger partial charge in [-0.05, 0) is 32.9 Å². The molecule has 128 valence electrons. The van der Waals surface area contributed by atoms with Crippen molar-refractivity contribution in [3.63, 3.8) is 0 Å². The number of carbonyl (C=O) groups is 1. The van der Waals surface area contributed by atoms with Crippen molar-refractivity contribution in [1.29, 1.82) is 0 Å². The summed E-state index contributed by atoms with van der Waals surface area (Å²) in [6.07, 6.45) is -0.231. The molecule has 1 aromatic rings. The van der Waals surface area contributed by atoms with Gasteiger partial charge in [-0.2, -0.15) is 4.31 Å². The van der Waals surface area contributed by atoms with E-state index >= 15 is 0 Å². The fourth-order valence-electron chi connectivity index (χ4n) is 2.67. The van der Waals surface area contributed by atoms with Crippen LogP contribution >= 0.6 is 0 Å². The number of hydrogen-bond donors (Lipinski definition) is 1. The van der Waals surface area contributed by atoms with Crippen molar-refractivity contribution in [3.8, 4) is 0 Å². The highest BCUT2D eigenvalue weighted by atomic mass is 32.2. The molecular weight excluding hydrogens is 316 g/mol. The lowest BCUT2D eigenvalue weighted by Gasteiger charge is -2.34. The molecule has 1 fully saturated rings. The Bertz CT molecular complexity index is 650. The van der Waals surface area contributed by atoms with Crippen LogP contribution in [0.1, 0.15) is 29.8 Å². The Morgan fingerprint density at radius 1 is 1.30 bits per heavy atom. The highest BCUT2D eigenvalue weighted by molar-refractivity contribution is 7.89. The molecule has 1 amide bonds. The van der Waals surface area contributed by atoms with E-state index in [9.17, 15) is 13.2 Å². The van der Waals surface area contributed by atoms with Crippen LogP contribution in [0.2, 0.25) is 0 Å². The van der Waals surface area contributed by atoms with Crippen molar-refractivity contribution >= 4 is 15.9 Å². The molecule has 23 heavy (non-hydrogen) atoms. The molecule has 1 N–H and O–H groups in total. The Morgan fingerprint density at radius 2 is 1.96 bits per heavy atom. The molecule has 2 atom stereocenters. The lowest BCUT2D eigenvalue weighted by atomic mass is 10.1. The standard InChI is InChI=1S/C16H24N2O4S/c1-12-5-4-6-15(9-12)16(19)17-7-8-23(20,21)18-10-13(2)22-14(3)11-18/h4-6,9,13-14H,7-8,10-11H2,1-3H3,(H,17,19)/t13-,14+. The Balaban J connectivity index is 1.88. The van der Waals surface area contributed by atoms with Gasteiger partial charge < -0.3 is 10.1 Å². The highest BCUT2D eigenvalue weighted by Crippen LogP contribution is 2.14. The SMILES string of the molecule is Cc1cccc(C(=O)NCCS(=O)(=O)N2C[C@@H](C)O[C@@H](C)C2)c1. The van der Waals surface area contributed by atoms with E-state index in [1.54, 1.807) is 18.2 Å². The van der Waals surface area contributed by atoms with E-state index in [1.807, 2.05) is 26.8 Å². The van der Waals surface area contributed by atoms with Gasteiger partial charge in [0.25, 0.3) is 5.91 Å². The van der Waals surface area contributed by atoms with Gasteiger partial charge in [-0.3, -0.25) is 4.79 Å². The van der Waals surface area contributed by atoms with Crippen LogP contribution in [0.3, 0.4) is 0 Å². The van der Waals surface area contributed by atoms with Crippen LogP contribution in [0.4, 0.5) is 0 Å². The summed E-state index contributed by atoms with van der Waals surface area (Å²) in [6, 6.07) is 7.19. The third-order valence-corrected chi connectivity index (χ3v) is 5.51. The molecular formula is C16H24N2O4S. The van der Waals surface area contributed by atoms with Gasteiger partial charge >= 0.3 is 0 Å². The first-order chi connectivity index (χ1) is 10.8. The zero-order valence-electron chi connectivity index (χ0n) is 13.8. The number of rotatable bonds is 5. The highest BCUT2D eigenvalue weighted by Gasteiger charge is 2.30. The van der Waals surface area contributed by atoms with Gasteiger partial charge in [-0.1, -0.05) is 17.7 Å². The van der Waals surface area contributed by atoms with Gasteiger partial charge in [0.2, 0.25) is 10.0 Å². The zero-order valence-corrected chi connectivity index (χ0v) is 14.6. The van der Waals surface area contributed by atoms with Gasteiger partial charge in [-0.15, -0.1) is 0 Å². The number of morpholine rings is 1. The third kappa shape index (κ3) is 5.02. The fourth-order valence-corrected chi connectivity index (χ4v) is 4.16. The van der Waals surface area contributed by atoms with Crippen molar-refractivity contribution in [2.24, 2.45) is 0 Å². The summed E-state index contributed by atoms with van der Waals surface area (Å²) in [5.74, 6) is -0.364. The monoisotopic (exact) mass is 340 g/mol. The maximum atomic E-state index is 12.4. The summed E-state index contributed by atoms with van der Waals surface area (Å²) in [5.41, 5.74) is 1.53. The van der Waals surface area contributed by atoms with Crippen molar-refractivity contribution in [2.75, 3.05) is 25.4 Å². The van der Waals surface area contributed by atoms with E-state index in [2.05, 4.69) is 5.32 Å². The molecule has 1 aliphatic heterocycles. The maximum absolute atomic E-state index is 12.4. The van der Waals surface area contributed by atoms with Crippen molar-refractivity contribution < 1.29 is 17.9 Å². The van der Waals surface area contributed by atoms with Crippen molar-refractivity contribution in [2.45, 2.75) is 33.0 Å². The molecule has 1 heterocycles. The summed E-state index contributed by atoms with van der Waals surface area (Å²) >= 11 is 0. The molecule has 0 bridgehead atoms. The minimum Gasteiger partial charge on any atom is -0.373 e. The van der Waals surface area contributed by atoms with E-state index in [-0.39, 0.29) is 30.4 Å². The summed E-state index contributed by atoms with van der Waals surface area (Å²) < 4.78 is 31.7. The number of hydrogen-bond acceptors (Lipinski definition) is 4. The third-order valence-electron chi connectivity index (χ3n) is 3.71. The predicted molar refractivity (Wildman–Crippen MR) is 88.9 cm³/mol. The topological polar surface area (TPSA) is 75.7 Å². The molecule has 0 radical (unpaired) electrons. The van der Waals surface area contributed by atoms with Crippen molar-refractivity contribution in [3.05, 3.63) is 35.4 Å². The Kier molecular flexibility index (Phi) is 5.78.